The molecule has 0 aliphatic heterocycles. The molecule has 8 heteroatoms. The molecule has 0 aromatic heterocycles. The number of carbonyl (C=O) groups is 2. The molecule has 0 fully saturated rings. The molecule has 4 N–H and O–H groups in total. The van der Waals surface area contributed by atoms with E-state index in [4.69, 9.17) is 11.5 Å². The summed E-state index contributed by atoms with van der Waals surface area (Å²) >= 11 is 2.90. The highest BCUT2D eigenvalue weighted by atomic mass is 79.9. The van der Waals surface area contributed by atoms with Gasteiger partial charge in [-0.3, -0.25) is 19.7 Å². The largest absolute Gasteiger partial charge is 0.366 e. The van der Waals surface area contributed by atoms with Gasteiger partial charge in [-0.25, -0.2) is 0 Å². The van der Waals surface area contributed by atoms with Crippen LogP contribution in [0.2, 0.25) is 0 Å². The molecule has 1 aromatic rings. The Morgan fingerprint density at radius 3 is 2.00 bits per heavy atom. The molecular weight excluding hydrogens is 282 g/mol. The van der Waals surface area contributed by atoms with Crippen molar-refractivity contribution in [3.8, 4) is 0 Å². The zero-order valence-corrected chi connectivity index (χ0v) is 9.35. The second kappa shape index (κ2) is 4.27. The Kier molecular flexibility index (Phi) is 3.23. The van der Waals surface area contributed by atoms with Crippen LogP contribution in [0.3, 0.4) is 0 Å². The van der Waals surface area contributed by atoms with Gasteiger partial charge in [0.25, 0.3) is 5.69 Å². The van der Waals surface area contributed by atoms with Crippen LogP contribution in [0, 0.1) is 10.1 Å². The summed E-state index contributed by atoms with van der Waals surface area (Å²) in [5.41, 5.74) is 9.20. The van der Waals surface area contributed by atoms with Crippen molar-refractivity contribution < 1.29 is 14.5 Å². The van der Waals surface area contributed by atoms with Gasteiger partial charge in [0.05, 0.1) is 20.5 Å². The van der Waals surface area contributed by atoms with Crippen LogP contribution in [0.5, 0.6) is 0 Å². The molecule has 0 bridgehead atoms. The number of nitrogens with zero attached hydrogens (tertiary/aromatic N) is 1. The van der Waals surface area contributed by atoms with Crippen molar-refractivity contribution in [2.45, 2.75) is 0 Å². The Balaban J connectivity index is 3.55. The molecule has 1 rings (SSSR count). The highest BCUT2D eigenvalue weighted by molar-refractivity contribution is 9.10. The minimum Gasteiger partial charge on any atom is -0.366 e. The third kappa shape index (κ3) is 2.16. The molecule has 0 saturated heterocycles. The first-order valence-corrected chi connectivity index (χ1v) is 4.71. The first kappa shape index (κ1) is 12.1. The number of nitro benzene ring substituents is 1. The first-order chi connectivity index (χ1) is 7.34. The number of hydrogen-bond acceptors (Lipinski definition) is 4. The van der Waals surface area contributed by atoms with Gasteiger partial charge in [0.2, 0.25) is 11.8 Å². The lowest BCUT2D eigenvalue weighted by Gasteiger charge is -2.04. The summed E-state index contributed by atoms with van der Waals surface area (Å²) in [6, 6.07) is 2.01. The van der Waals surface area contributed by atoms with Gasteiger partial charge in [-0.2, -0.15) is 0 Å². The quantitative estimate of drug-likeness (QED) is 0.621. The molecule has 0 heterocycles. The van der Waals surface area contributed by atoms with Crippen molar-refractivity contribution in [3.05, 3.63) is 37.8 Å². The van der Waals surface area contributed by atoms with E-state index in [2.05, 4.69) is 15.9 Å². The van der Waals surface area contributed by atoms with Gasteiger partial charge in [-0.05, 0) is 22.0 Å². The van der Waals surface area contributed by atoms with E-state index in [0.717, 1.165) is 12.1 Å². The number of hydrogen-bond donors (Lipinski definition) is 2. The second-order valence-corrected chi connectivity index (χ2v) is 3.69. The third-order valence-corrected chi connectivity index (χ3v) is 2.45. The molecule has 16 heavy (non-hydrogen) atoms. The van der Waals surface area contributed by atoms with E-state index in [1.807, 2.05) is 0 Å². The molecule has 7 nitrogen and oxygen atoms in total. The predicted molar refractivity (Wildman–Crippen MR) is 57.8 cm³/mol. The molecule has 2 amide bonds. The molecule has 0 aliphatic rings. The van der Waals surface area contributed by atoms with E-state index in [9.17, 15) is 19.7 Å². The normalized spacial score (nSPS) is 9.81. The summed E-state index contributed by atoms with van der Waals surface area (Å²) < 4.78 is 0.0521. The average Bonchev–Trinajstić information content (AvgIpc) is 2.15. The molecule has 0 unspecified atom stereocenters. The summed E-state index contributed by atoms with van der Waals surface area (Å²) in [4.78, 5) is 31.9. The zero-order chi connectivity index (χ0) is 12.5. The average molecular weight is 288 g/mol. The third-order valence-electron chi connectivity index (χ3n) is 1.81. The van der Waals surface area contributed by atoms with E-state index >= 15 is 0 Å². The molecule has 0 spiro atoms. The molecule has 0 radical (unpaired) electrons. The van der Waals surface area contributed by atoms with Crippen LogP contribution in [0.25, 0.3) is 0 Å². The lowest BCUT2D eigenvalue weighted by atomic mass is 10.1. The number of amides is 2. The number of halogens is 1. The highest BCUT2D eigenvalue weighted by Gasteiger charge is 2.21. The van der Waals surface area contributed by atoms with Crippen LogP contribution in [-0.4, -0.2) is 16.7 Å². The monoisotopic (exact) mass is 287 g/mol. The van der Waals surface area contributed by atoms with Gasteiger partial charge >= 0.3 is 0 Å². The summed E-state index contributed by atoms with van der Waals surface area (Å²) in [5.74, 6) is -1.84. The van der Waals surface area contributed by atoms with Crippen LogP contribution in [0.15, 0.2) is 16.6 Å². The van der Waals surface area contributed by atoms with E-state index in [1.165, 1.54) is 0 Å². The fraction of sp³-hybridized carbons (Fsp3) is 0. The Morgan fingerprint density at radius 1 is 1.19 bits per heavy atom. The number of rotatable bonds is 3. The summed E-state index contributed by atoms with van der Waals surface area (Å²) in [5, 5.41) is 10.6. The molecule has 84 valence electrons. The molecule has 0 saturated carbocycles. The second-order valence-electron chi connectivity index (χ2n) is 2.83. The van der Waals surface area contributed by atoms with Crippen LogP contribution < -0.4 is 11.5 Å². The molecule has 0 aliphatic carbocycles. The molecular formula is C8H6BrN3O4. The topological polar surface area (TPSA) is 129 Å². The standard InChI is InChI=1S/C8H6BrN3O4/c9-5-1-3(7(10)13)4(8(11)14)2-6(5)12(15)16/h1-2H,(H2,10,13)(H2,11,14). The number of benzene rings is 1. The van der Waals surface area contributed by atoms with Crippen molar-refractivity contribution in [2.24, 2.45) is 11.5 Å². The highest BCUT2D eigenvalue weighted by Crippen LogP contribution is 2.28. The lowest BCUT2D eigenvalue weighted by Crippen LogP contribution is -2.20. The minimum absolute atomic E-state index is 0.0521. The smallest absolute Gasteiger partial charge is 0.284 e. The maximum Gasteiger partial charge on any atom is 0.284 e. The van der Waals surface area contributed by atoms with E-state index in [0.29, 0.717) is 0 Å². The zero-order valence-electron chi connectivity index (χ0n) is 7.77. The van der Waals surface area contributed by atoms with Crippen molar-refractivity contribution in [3.63, 3.8) is 0 Å². The maximum atomic E-state index is 11.0. The van der Waals surface area contributed by atoms with Crippen molar-refractivity contribution >= 4 is 33.4 Å². The van der Waals surface area contributed by atoms with Crippen LogP contribution in [0.1, 0.15) is 20.7 Å². The van der Waals surface area contributed by atoms with E-state index in [1.54, 1.807) is 0 Å². The summed E-state index contributed by atoms with van der Waals surface area (Å²) in [6.07, 6.45) is 0. The van der Waals surface area contributed by atoms with Gasteiger partial charge < -0.3 is 11.5 Å². The SMILES string of the molecule is NC(=O)c1cc(Br)c([N+](=O)[O-])cc1C(N)=O. The minimum atomic E-state index is -0.954. The first-order valence-electron chi connectivity index (χ1n) is 3.92. The predicted octanol–water partition coefficient (Wildman–Crippen LogP) is 0.555. The molecule has 0 atom stereocenters. The van der Waals surface area contributed by atoms with Gasteiger partial charge in [0.15, 0.2) is 0 Å². The lowest BCUT2D eigenvalue weighted by molar-refractivity contribution is -0.385. The van der Waals surface area contributed by atoms with Gasteiger partial charge in [-0.15, -0.1) is 0 Å². The van der Waals surface area contributed by atoms with E-state index < -0.39 is 16.7 Å². The Hall–Kier alpha value is -1.96. The Labute approximate surface area is 97.7 Å². The summed E-state index contributed by atoms with van der Waals surface area (Å²) in [7, 11) is 0. The number of primary amides is 2. The van der Waals surface area contributed by atoms with Gasteiger partial charge in [0.1, 0.15) is 0 Å². The molecule has 1 aromatic carbocycles. The fourth-order valence-electron chi connectivity index (χ4n) is 1.11. The van der Waals surface area contributed by atoms with Gasteiger partial charge in [-0.1, -0.05) is 0 Å². The fourth-order valence-corrected chi connectivity index (χ4v) is 1.60. The number of carbonyl (C=O) groups excluding carboxylic acids is 2. The van der Waals surface area contributed by atoms with Crippen LogP contribution >= 0.6 is 15.9 Å². The van der Waals surface area contributed by atoms with Crippen molar-refractivity contribution in [2.75, 3.05) is 0 Å². The van der Waals surface area contributed by atoms with Crippen LogP contribution in [-0.2, 0) is 0 Å². The Bertz CT molecular complexity index is 500. The van der Waals surface area contributed by atoms with Crippen molar-refractivity contribution in [1.29, 1.82) is 0 Å². The van der Waals surface area contributed by atoms with E-state index in [-0.39, 0.29) is 21.3 Å². The Morgan fingerprint density at radius 2 is 1.62 bits per heavy atom. The van der Waals surface area contributed by atoms with Crippen LogP contribution in [0.4, 0.5) is 5.69 Å². The van der Waals surface area contributed by atoms with Gasteiger partial charge in [0, 0.05) is 6.07 Å². The number of nitro groups is 1. The van der Waals surface area contributed by atoms with Crippen molar-refractivity contribution in [1.82, 2.24) is 0 Å². The number of nitrogens with two attached hydrogens (primary N) is 2. The summed E-state index contributed by atoms with van der Waals surface area (Å²) in [6.45, 7) is 0. The maximum absolute atomic E-state index is 11.0.